The van der Waals surface area contributed by atoms with Gasteiger partial charge in [-0.1, -0.05) is 19.1 Å². The molecule has 1 aromatic heterocycles. The number of hydrogen-bond acceptors (Lipinski definition) is 4. The highest BCUT2D eigenvalue weighted by molar-refractivity contribution is 5.95. The lowest BCUT2D eigenvalue weighted by Crippen LogP contribution is -2.31. The van der Waals surface area contributed by atoms with Gasteiger partial charge in [0.1, 0.15) is 5.75 Å². The summed E-state index contributed by atoms with van der Waals surface area (Å²) < 4.78 is 5.80. The van der Waals surface area contributed by atoms with Crippen molar-refractivity contribution in [1.29, 1.82) is 0 Å². The number of hydrogen-bond donors (Lipinski definition) is 2. The van der Waals surface area contributed by atoms with Crippen molar-refractivity contribution in [2.24, 2.45) is 11.3 Å². The van der Waals surface area contributed by atoms with Gasteiger partial charge in [-0.05, 0) is 68.0 Å². The van der Waals surface area contributed by atoms with Crippen molar-refractivity contribution in [3.63, 3.8) is 0 Å². The van der Waals surface area contributed by atoms with Crippen molar-refractivity contribution >= 4 is 36.4 Å². The second-order valence-electron chi connectivity index (χ2n) is 7.35. The lowest BCUT2D eigenvalue weighted by Gasteiger charge is -2.23. The van der Waals surface area contributed by atoms with Gasteiger partial charge in [0, 0.05) is 12.0 Å². The number of carbonyl (C=O) groups excluding carboxylic acids is 1. The second-order valence-corrected chi connectivity index (χ2v) is 7.35. The van der Waals surface area contributed by atoms with E-state index in [1.165, 1.54) is 5.56 Å². The molecule has 2 aliphatic rings. The van der Waals surface area contributed by atoms with Gasteiger partial charge in [-0.2, -0.15) is 0 Å². The fraction of sp³-hybridized carbons (Fsp3) is 0.429. The van der Waals surface area contributed by atoms with Crippen LogP contribution in [0.2, 0.25) is 0 Å². The van der Waals surface area contributed by atoms with E-state index >= 15 is 0 Å². The molecule has 2 heterocycles. The summed E-state index contributed by atoms with van der Waals surface area (Å²) in [5.41, 5.74) is 2.19. The van der Waals surface area contributed by atoms with E-state index in [-0.39, 0.29) is 42.1 Å². The summed E-state index contributed by atoms with van der Waals surface area (Å²) in [6.45, 7) is 4.16. The Balaban J connectivity index is 0.00000140. The number of anilines is 1. The zero-order valence-corrected chi connectivity index (χ0v) is 17.6. The van der Waals surface area contributed by atoms with Gasteiger partial charge in [-0.15, -0.1) is 24.8 Å². The molecule has 1 aliphatic heterocycles. The third kappa shape index (κ3) is 4.96. The van der Waals surface area contributed by atoms with E-state index < -0.39 is 0 Å². The molecule has 0 bridgehead atoms. The summed E-state index contributed by atoms with van der Waals surface area (Å²) in [6.07, 6.45) is 5.85. The standard InChI is InChI=1S/C21H25N3O2.2ClH/c1-2-15-4-3-5-17(12-15)26-19-7-6-16(14-23-19)24-20(25)18-13-21(18)8-10-22-11-9-21;;/h3-7,12,14,18,22H,2,8-11,13H2,1H3,(H,24,25);2*1H. The SMILES string of the molecule is CCc1cccc(Oc2ccc(NC(=O)C3CC34CCNCC4)cn2)c1.Cl.Cl. The van der Waals surface area contributed by atoms with E-state index in [2.05, 4.69) is 28.6 Å². The summed E-state index contributed by atoms with van der Waals surface area (Å²) in [4.78, 5) is 16.8. The van der Waals surface area contributed by atoms with Crippen LogP contribution < -0.4 is 15.4 Å². The van der Waals surface area contributed by atoms with Crippen LogP contribution in [0.4, 0.5) is 5.69 Å². The number of nitrogens with zero attached hydrogens (tertiary/aromatic N) is 1. The molecule has 7 heteroatoms. The van der Waals surface area contributed by atoms with Gasteiger partial charge >= 0.3 is 0 Å². The maximum atomic E-state index is 12.5. The summed E-state index contributed by atoms with van der Waals surface area (Å²) in [6, 6.07) is 11.6. The molecule has 152 valence electrons. The van der Waals surface area contributed by atoms with Gasteiger partial charge in [0.15, 0.2) is 0 Å². The molecule has 2 N–H and O–H groups in total. The number of benzene rings is 1. The minimum atomic E-state index is 0. The predicted octanol–water partition coefficient (Wildman–Crippen LogP) is 4.61. The van der Waals surface area contributed by atoms with E-state index in [0.717, 1.165) is 50.2 Å². The molecule has 0 radical (unpaired) electrons. The van der Waals surface area contributed by atoms with E-state index in [1.54, 1.807) is 12.3 Å². The maximum absolute atomic E-state index is 12.5. The molecule has 1 atom stereocenters. The number of amides is 1. The Morgan fingerprint density at radius 2 is 2.04 bits per heavy atom. The number of piperidine rings is 1. The number of aromatic nitrogens is 1. The molecular weight excluding hydrogens is 397 g/mol. The van der Waals surface area contributed by atoms with Crippen LogP contribution in [0.3, 0.4) is 0 Å². The zero-order valence-electron chi connectivity index (χ0n) is 15.9. The third-order valence-corrected chi connectivity index (χ3v) is 5.64. The van der Waals surface area contributed by atoms with Crippen LogP contribution in [0.5, 0.6) is 11.6 Å². The second kappa shape index (κ2) is 9.59. The molecule has 1 amide bonds. The van der Waals surface area contributed by atoms with E-state index in [0.29, 0.717) is 5.88 Å². The van der Waals surface area contributed by atoms with Crippen LogP contribution in [-0.4, -0.2) is 24.0 Å². The molecule has 2 fully saturated rings. The largest absolute Gasteiger partial charge is 0.439 e. The maximum Gasteiger partial charge on any atom is 0.228 e. The average molecular weight is 424 g/mol. The van der Waals surface area contributed by atoms with Crippen molar-refractivity contribution in [2.75, 3.05) is 18.4 Å². The third-order valence-electron chi connectivity index (χ3n) is 5.64. The Bertz CT molecular complexity index is 792. The number of nitrogens with one attached hydrogen (secondary N) is 2. The first kappa shape index (κ1) is 22.5. The lowest BCUT2D eigenvalue weighted by atomic mass is 9.92. The number of carbonyl (C=O) groups is 1. The van der Waals surface area contributed by atoms with E-state index in [9.17, 15) is 4.79 Å². The molecule has 28 heavy (non-hydrogen) atoms. The Kier molecular flexibility index (Phi) is 7.70. The van der Waals surface area contributed by atoms with Crippen LogP contribution in [0.25, 0.3) is 0 Å². The van der Waals surface area contributed by atoms with E-state index in [4.69, 9.17) is 4.74 Å². The molecule has 1 aromatic carbocycles. The number of pyridine rings is 1. The number of aryl methyl sites for hydroxylation is 1. The highest BCUT2D eigenvalue weighted by Crippen LogP contribution is 2.58. The first-order chi connectivity index (χ1) is 12.7. The van der Waals surface area contributed by atoms with E-state index in [1.807, 2.05) is 24.3 Å². The average Bonchev–Trinajstić information content (AvgIpc) is 3.37. The van der Waals surface area contributed by atoms with Crippen molar-refractivity contribution in [2.45, 2.75) is 32.6 Å². The van der Waals surface area contributed by atoms with Crippen LogP contribution in [0.1, 0.15) is 31.7 Å². The molecule has 5 nitrogen and oxygen atoms in total. The van der Waals surface area contributed by atoms with Gasteiger partial charge in [-0.3, -0.25) is 4.79 Å². The Labute approximate surface area is 178 Å². The summed E-state index contributed by atoms with van der Waals surface area (Å²) >= 11 is 0. The van der Waals surface area contributed by atoms with Crippen molar-refractivity contribution < 1.29 is 9.53 Å². The lowest BCUT2D eigenvalue weighted by molar-refractivity contribution is -0.118. The quantitative estimate of drug-likeness (QED) is 0.736. The molecule has 1 saturated heterocycles. The summed E-state index contributed by atoms with van der Waals surface area (Å²) in [5, 5.41) is 6.37. The molecule has 1 saturated carbocycles. The molecule has 4 rings (SSSR count). The first-order valence-corrected chi connectivity index (χ1v) is 9.43. The van der Waals surface area contributed by atoms with Crippen LogP contribution in [-0.2, 0) is 11.2 Å². The minimum Gasteiger partial charge on any atom is -0.439 e. The van der Waals surface area contributed by atoms with Crippen LogP contribution >= 0.6 is 24.8 Å². The molecular formula is C21H27Cl2N3O2. The van der Waals surface area contributed by atoms with Crippen molar-refractivity contribution in [3.05, 3.63) is 48.2 Å². The summed E-state index contributed by atoms with van der Waals surface area (Å²) in [5.74, 6) is 1.58. The topological polar surface area (TPSA) is 63.2 Å². The Morgan fingerprint density at radius 3 is 2.71 bits per heavy atom. The van der Waals surface area contributed by atoms with Crippen molar-refractivity contribution in [3.8, 4) is 11.6 Å². The van der Waals surface area contributed by atoms with Gasteiger partial charge in [0.25, 0.3) is 0 Å². The monoisotopic (exact) mass is 423 g/mol. The Hall–Kier alpha value is -1.82. The normalized spacial score (nSPS) is 19.1. The minimum absolute atomic E-state index is 0. The van der Waals surface area contributed by atoms with Gasteiger partial charge in [-0.25, -0.2) is 4.98 Å². The van der Waals surface area contributed by atoms with Crippen molar-refractivity contribution in [1.82, 2.24) is 10.3 Å². The number of rotatable bonds is 5. The smallest absolute Gasteiger partial charge is 0.228 e. The molecule has 1 unspecified atom stereocenters. The predicted molar refractivity (Wildman–Crippen MR) is 116 cm³/mol. The fourth-order valence-electron chi connectivity index (χ4n) is 3.89. The van der Waals surface area contributed by atoms with Gasteiger partial charge in [0.05, 0.1) is 11.9 Å². The summed E-state index contributed by atoms with van der Waals surface area (Å²) in [7, 11) is 0. The highest BCUT2D eigenvalue weighted by Gasteiger charge is 2.57. The van der Waals surface area contributed by atoms with Gasteiger partial charge < -0.3 is 15.4 Å². The van der Waals surface area contributed by atoms with Crippen LogP contribution in [0, 0.1) is 11.3 Å². The number of ether oxygens (including phenoxy) is 1. The highest BCUT2D eigenvalue weighted by atomic mass is 35.5. The van der Waals surface area contributed by atoms with Crippen LogP contribution in [0.15, 0.2) is 42.6 Å². The van der Waals surface area contributed by atoms with Gasteiger partial charge in [0.2, 0.25) is 11.8 Å². The molecule has 1 aliphatic carbocycles. The molecule has 1 spiro atoms. The Morgan fingerprint density at radius 1 is 1.25 bits per heavy atom. The number of halogens is 2. The fourth-order valence-corrected chi connectivity index (χ4v) is 3.89. The first-order valence-electron chi connectivity index (χ1n) is 9.43. The molecule has 2 aromatic rings. The zero-order chi connectivity index (χ0) is 18.0.